The van der Waals surface area contributed by atoms with Crippen molar-refractivity contribution in [1.29, 1.82) is 0 Å². The highest BCUT2D eigenvalue weighted by Gasteiger charge is 2.25. The van der Waals surface area contributed by atoms with Crippen molar-refractivity contribution in [2.45, 2.75) is 50.7 Å². The molecule has 1 saturated carbocycles. The van der Waals surface area contributed by atoms with E-state index in [4.69, 9.17) is 5.10 Å². The van der Waals surface area contributed by atoms with Crippen molar-refractivity contribution >= 4 is 5.71 Å². The summed E-state index contributed by atoms with van der Waals surface area (Å²) in [4.78, 5) is 4.14. The van der Waals surface area contributed by atoms with Crippen LogP contribution in [0.4, 0.5) is 0 Å². The Kier molecular flexibility index (Phi) is 4.64. The van der Waals surface area contributed by atoms with Gasteiger partial charge in [0.05, 0.1) is 17.9 Å². The quantitative estimate of drug-likeness (QED) is 0.520. The number of fused-ring (bicyclic) bond motifs is 1. The molecule has 2 aliphatic carbocycles. The summed E-state index contributed by atoms with van der Waals surface area (Å²) in [6.07, 6.45) is 10.8. The fraction of sp³-hybridized carbons (Fsp3) is 0.348. The minimum absolute atomic E-state index is 0.218. The van der Waals surface area contributed by atoms with Gasteiger partial charge in [-0.25, -0.2) is 0 Å². The zero-order chi connectivity index (χ0) is 19.8. The van der Waals surface area contributed by atoms with Crippen molar-refractivity contribution in [3.8, 4) is 22.4 Å². The first-order valence-electron chi connectivity index (χ1n) is 10.2. The predicted molar refractivity (Wildman–Crippen MR) is 111 cm³/mol. The second kappa shape index (κ2) is 7.44. The summed E-state index contributed by atoms with van der Waals surface area (Å²) in [5.74, 6) is 0. The number of aryl methyl sites for hydroxylation is 1. The fourth-order valence-electron chi connectivity index (χ4n) is 4.63. The van der Waals surface area contributed by atoms with Gasteiger partial charge in [0.1, 0.15) is 5.69 Å². The molecule has 2 N–H and O–H groups in total. The molecule has 6 heteroatoms. The van der Waals surface area contributed by atoms with E-state index in [0.717, 1.165) is 72.2 Å². The van der Waals surface area contributed by atoms with Crippen LogP contribution in [0.2, 0.25) is 0 Å². The van der Waals surface area contributed by atoms with Crippen molar-refractivity contribution < 1.29 is 10.3 Å². The van der Waals surface area contributed by atoms with E-state index >= 15 is 0 Å². The number of nitrogens with zero attached hydrogens (tertiary/aromatic N) is 4. The summed E-state index contributed by atoms with van der Waals surface area (Å²) in [7, 11) is 0. The highest BCUT2D eigenvalue weighted by molar-refractivity contribution is 6.04. The summed E-state index contributed by atoms with van der Waals surface area (Å²) >= 11 is 0. The number of pyridine rings is 1. The Morgan fingerprint density at radius 3 is 2.66 bits per heavy atom. The highest BCUT2D eigenvalue weighted by atomic mass is 16.4. The van der Waals surface area contributed by atoms with Crippen molar-refractivity contribution in [2.24, 2.45) is 5.16 Å². The molecular weight excluding hydrogens is 364 g/mol. The van der Waals surface area contributed by atoms with E-state index in [1.54, 1.807) is 12.4 Å². The van der Waals surface area contributed by atoms with Crippen LogP contribution in [0.3, 0.4) is 0 Å². The van der Waals surface area contributed by atoms with E-state index in [-0.39, 0.29) is 12.1 Å². The lowest BCUT2D eigenvalue weighted by atomic mass is 9.93. The van der Waals surface area contributed by atoms with Gasteiger partial charge >= 0.3 is 0 Å². The Bertz CT molecular complexity index is 1060. The number of aliphatic hydroxyl groups is 1. The molecule has 0 bridgehead atoms. The van der Waals surface area contributed by atoms with Crippen molar-refractivity contribution in [3.63, 3.8) is 0 Å². The van der Waals surface area contributed by atoms with Gasteiger partial charge in [-0.15, -0.1) is 0 Å². The van der Waals surface area contributed by atoms with Crippen LogP contribution >= 0.6 is 0 Å². The molecule has 0 aliphatic heterocycles. The Balaban J connectivity index is 1.60. The lowest BCUT2D eigenvalue weighted by Crippen LogP contribution is -2.22. The summed E-state index contributed by atoms with van der Waals surface area (Å²) in [5.41, 5.74) is 7.14. The monoisotopic (exact) mass is 388 g/mol. The second-order valence-corrected chi connectivity index (χ2v) is 8.00. The van der Waals surface area contributed by atoms with Gasteiger partial charge in [-0.2, -0.15) is 5.10 Å². The van der Waals surface area contributed by atoms with Gasteiger partial charge in [0.15, 0.2) is 0 Å². The van der Waals surface area contributed by atoms with Crippen LogP contribution in [0, 0.1) is 0 Å². The third kappa shape index (κ3) is 3.34. The lowest BCUT2D eigenvalue weighted by molar-refractivity contribution is 0.100. The maximum atomic E-state index is 10.1. The first-order chi connectivity index (χ1) is 14.2. The Labute approximate surface area is 169 Å². The van der Waals surface area contributed by atoms with Crippen molar-refractivity contribution in [1.82, 2.24) is 14.8 Å². The molecule has 0 amide bonds. The average molecular weight is 388 g/mol. The van der Waals surface area contributed by atoms with Crippen LogP contribution < -0.4 is 0 Å². The van der Waals surface area contributed by atoms with E-state index in [1.165, 1.54) is 5.56 Å². The van der Waals surface area contributed by atoms with E-state index in [1.807, 2.05) is 22.9 Å². The maximum absolute atomic E-state index is 10.1. The number of oxime groups is 1. The van der Waals surface area contributed by atoms with Gasteiger partial charge in [-0.05, 0) is 61.8 Å². The smallest absolute Gasteiger partial charge is 0.100 e. The number of hydrogen-bond acceptors (Lipinski definition) is 5. The predicted octanol–water partition coefficient (Wildman–Crippen LogP) is 4.21. The van der Waals surface area contributed by atoms with Crippen LogP contribution in [0.15, 0.2) is 54.1 Å². The molecule has 2 heterocycles. The van der Waals surface area contributed by atoms with Crippen LogP contribution in [0.25, 0.3) is 22.4 Å². The Morgan fingerprint density at radius 2 is 1.86 bits per heavy atom. The maximum Gasteiger partial charge on any atom is 0.100 e. The topological polar surface area (TPSA) is 83.5 Å². The Hall–Kier alpha value is -2.99. The second-order valence-electron chi connectivity index (χ2n) is 8.00. The van der Waals surface area contributed by atoms with Crippen LogP contribution in [0.5, 0.6) is 0 Å². The van der Waals surface area contributed by atoms with Gasteiger partial charge in [-0.1, -0.05) is 23.4 Å². The molecular formula is C23H24N4O2. The molecule has 2 aliphatic rings. The fourth-order valence-corrected chi connectivity index (χ4v) is 4.63. The molecule has 6 nitrogen and oxygen atoms in total. The number of aromatic nitrogens is 3. The zero-order valence-electron chi connectivity index (χ0n) is 16.2. The van der Waals surface area contributed by atoms with Gasteiger partial charge in [-0.3, -0.25) is 9.67 Å². The molecule has 0 radical (unpaired) electrons. The molecule has 3 aromatic rings. The summed E-state index contributed by atoms with van der Waals surface area (Å²) in [5, 5.41) is 27.7. The molecule has 1 unspecified atom stereocenters. The van der Waals surface area contributed by atoms with Gasteiger partial charge < -0.3 is 10.3 Å². The standard InChI is InChI=1S/C23H24N4O2/c28-19-3-1-2-18(13-19)27-14-21(23(25-27)15-8-10-24-11-9-15)17-4-6-20-16(12-17)5-7-22(20)26-29/h4,6,8-12,14,18-19,28-29H,1-3,5,7,13H2/t18?,19-/m0/s1. The summed E-state index contributed by atoms with van der Waals surface area (Å²) < 4.78 is 2.04. The van der Waals surface area contributed by atoms with E-state index in [0.29, 0.717) is 0 Å². The van der Waals surface area contributed by atoms with Gasteiger partial charge in [0.25, 0.3) is 0 Å². The molecule has 2 atom stereocenters. The molecule has 0 spiro atoms. The molecule has 29 heavy (non-hydrogen) atoms. The first-order valence-corrected chi connectivity index (χ1v) is 10.2. The molecule has 5 rings (SSSR count). The minimum atomic E-state index is -0.248. The SMILES string of the molecule is ON=C1CCc2cc(-c3cn(C4CCC[C@H](O)C4)nc3-c3ccncc3)ccc21. The van der Waals surface area contributed by atoms with Gasteiger partial charge in [0.2, 0.25) is 0 Å². The van der Waals surface area contributed by atoms with Crippen molar-refractivity contribution in [3.05, 3.63) is 60.0 Å². The average Bonchev–Trinajstić information content (AvgIpc) is 3.38. The van der Waals surface area contributed by atoms with Crippen LogP contribution in [-0.2, 0) is 6.42 Å². The molecule has 0 saturated heterocycles. The Morgan fingerprint density at radius 1 is 1.00 bits per heavy atom. The summed E-state index contributed by atoms with van der Waals surface area (Å²) in [6, 6.07) is 10.5. The van der Waals surface area contributed by atoms with E-state index in [9.17, 15) is 10.3 Å². The molecule has 2 aromatic heterocycles. The van der Waals surface area contributed by atoms with Crippen LogP contribution in [0.1, 0.15) is 49.3 Å². The normalized spacial score (nSPS) is 22.7. The van der Waals surface area contributed by atoms with Gasteiger partial charge in [0, 0.05) is 35.3 Å². The largest absolute Gasteiger partial charge is 0.411 e. The number of hydrogen-bond donors (Lipinski definition) is 2. The summed E-state index contributed by atoms with van der Waals surface area (Å²) in [6.45, 7) is 0. The lowest BCUT2D eigenvalue weighted by Gasteiger charge is -2.26. The molecule has 148 valence electrons. The number of benzene rings is 1. The minimum Gasteiger partial charge on any atom is -0.411 e. The van der Waals surface area contributed by atoms with Crippen molar-refractivity contribution in [2.75, 3.05) is 0 Å². The highest BCUT2D eigenvalue weighted by Crippen LogP contribution is 2.37. The number of aliphatic hydroxyl groups excluding tert-OH is 1. The number of rotatable bonds is 3. The third-order valence-electron chi connectivity index (χ3n) is 6.16. The molecule has 1 aromatic carbocycles. The zero-order valence-corrected chi connectivity index (χ0v) is 16.2. The first kappa shape index (κ1) is 18.1. The van der Waals surface area contributed by atoms with E-state index in [2.05, 4.69) is 28.5 Å². The third-order valence-corrected chi connectivity index (χ3v) is 6.16. The van der Waals surface area contributed by atoms with E-state index < -0.39 is 0 Å². The van der Waals surface area contributed by atoms with Crippen LogP contribution in [-0.4, -0.2) is 36.9 Å². The molecule has 1 fully saturated rings.